The van der Waals surface area contributed by atoms with Crippen molar-refractivity contribution in [1.82, 2.24) is 5.32 Å². The summed E-state index contributed by atoms with van der Waals surface area (Å²) < 4.78 is 38.1. The number of amides is 1. The lowest BCUT2D eigenvalue weighted by Crippen LogP contribution is -2.36. The highest BCUT2D eigenvalue weighted by Crippen LogP contribution is 2.30. The van der Waals surface area contributed by atoms with Crippen molar-refractivity contribution in [3.63, 3.8) is 0 Å². The number of hydrogen-bond acceptors (Lipinski definition) is 2. The van der Waals surface area contributed by atoms with E-state index in [1.807, 2.05) is 0 Å². The van der Waals surface area contributed by atoms with Gasteiger partial charge < -0.3 is 5.32 Å². The molecule has 0 bridgehead atoms. The van der Waals surface area contributed by atoms with E-state index in [2.05, 4.69) is 5.32 Å². The van der Waals surface area contributed by atoms with Crippen LogP contribution < -0.4 is 5.32 Å². The maximum absolute atomic E-state index is 12.7. The predicted octanol–water partition coefficient (Wildman–Crippen LogP) is 4.06. The summed E-state index contributed by atoms with van der Waals surface area (Å²) in [6.45, 7) is 0. The number of carbonyl (C=O) groups excluding carboxylic acids is 1. The monoisotopic (exact) mass is 322 g/mol. The number of carbonyl (C=O) groups is 1. The van der Waals surface area contributed by atoms with Crippen molar-refractivity contribution >= 4 is 12.0 Å². The topological polar surface area (TPSA) is 52.9 Å². The Morgan fingerprint density at radius 2 is 1.96 bits per heavy atom. The molecule has 23 heavy (non-hydrogen) atoms. The molecule has 1 saturated carbocycles. The molecule has 0 unspecified atom stereocenters. The van der Waals surface area contributed by atoms with Crippen LogP contribution in [-0.4, -0.2) is 11.9 Å². The zero-order valence-electron chi connectivity index (χ0n) is 12.5. The van der Waals surface area contributed by atoms with E-state index < -0.39 is 17.6 Å². The molecule has 1 aliphatic carbocycles. The summed E-state index contributed by atoms with van der Waals surface area (Å²) in [5, 5.41) is 11.9. The van der Waals surface area contributed by atoms with Crippen molar-refractivity contribution in [3.05, 3.63) is 41.0 Å². The smallest absolute Gasteiger partial charge is 0.349 e. The van der Waals surface area contributed by atoms with Gasteiger partial charge in [0.15, 0.2) is 0 Å². The SMILES string of the molecule is N#C/C(=C\c1cccc(C(F)(F)F)c1)C(=O)NC1CCCCC1. The van der Waals surface area contributed by atoms with Crippen LogP contribution >= 0.6 is 0 Å². The minimum Gasteiger partial charge on any atom is -0.349 e. The van der Waals surface area contributed by atoms with Crippen LogP contribution in [-0.2, 0) is 11.0 Å². The molecule has 0 spiro atoms. The number of nitrogens with one attached hydrogen (secondary N) is 1. The molecule has 1 fully saturated rings. The molecule has 1 N–H and O–H groups in total. The Kier molecular flexibility index (Phi) is 5.43. The maximum atomic E-state index is 12.7. The zero-order chi connectivity index (χ0) is 16.9. The van der Waals surface area contributed by atoms with Gasteiger partial charge in [0, 0.05) is 6.04 Å². The Hall–Kier alpha value is -2.29. The first-order valence-electron chi connectivity index (χ1n) is 7.50. The molecular formula is C17H17F3N2O. The van der Waals surface area contributed by atoms with Crippen LogP contribution in [0.3, 0.4) is 0 Å². The van der Waals surface area contributed by atoms with Gasteiger partial charge in [-0.1, -0.05) is 31.4 Å². The molecule has 0 aromatic heterocycles. The van der Waals surface area contributed by atoms with Crippen LogP contribution in [0.15, 0.2) is 29.8 Å². The molecule has 2 rings (SSSR count). The Morgan fingerprint density at radius 1 is 1.26 bits per heavy atom. The van der Waals surface area contributed by atoms with E-state index >= 15 is 0 Å². The van der Waals surface area contributed by atoms with Gasteiger partial charge in [0.1, 0.15) is 11.6 Å². The van der Waals surface area contributed by atoms with Gasteiger partial charge in [0.05, 0.1) is 5.56 Å². The van der Waals surface area contributed by atoms with E-state index in [0.29, 0.717) is 0 Å². The molecule has 6 heteroatoms. The third kappa shape index (κ3) is 4.85. The molecule has 1 aliphatic rings. The van der Waals surface area contributed by atoms with E-state index in [9.17, 15) is 18.0 Å². The highest BCUT2D eigenvalue weighted by atomic mass is 19.4. The van der Waals surface area contributed by atoms with Gasteiger partial charge in [-0.25, -0.2) is 0 Å². The van der Waals surface area contributed by atoms with Crippen LogP contribution in [0.4, 0.5) is 13.2 Å². The molecule has 0 aliphatic heterocycles. The second kappa shape index (κ2) is 7.32. The quantitative estimate of drug-likeness (QED) is 0.674. The molecule has 0 atom stereocenters. The van der Waals surface area contributed by atoms with Gasteiger partial charge in [-0.15, -0.1) is 0 Å². The van der Waals surface area contributed by atoms with Gasteiger partial charge in [0.25, 0.3) is 5.91 Å². The summed E-state index contributed by atoms with van der Waals surface area (Å²) in [4.78, 5) is 12.1. The van der Waals surface area contributed by atoms with E-state index in [1.54, 1.807) is 6.07 Å². The molecule has 3 nitrogen and oxygen atoms in total. The summed E-state index contributed by atoms with van der Waals surface area (Å²) in [7, 11) is 0. The highest BCUT2D eigenvalue weighted by molar-refractivity contribution is 6.01. The van der Waals surface area contributed by atoms with E-state index in [0.717, 1.165) is 44.2 Å². The zero-order valence-corrected chi connectivity index (χ0v) is 12.5. The average molecular weight is 322 g/mol. The minimum absolute atomic E-state index is 0.0366. The van der Waals surface area contributed by atoms with Gasteiger partial charge >= 0.3 is 6.18 Å². The molecule has 1 amide bonds. The van der Waals surface area contributed by atoms with Crippen molar-refractivity contribution in [2.75, 3.05) is 0 Å². The van der Waals surface area contributed by atoms with Gasteiger partial charge in [-0.3, -0.25) is 4.79 Å². The van der Waals surface area contributed by atoms with Crippen LogP contribution in [0.2, 0.25) is 0 Å². The maximum Gasteiger partial charge on any atom is 0.416 e. The number of nitrogens with zero attached hydrogens (tertiary/aromatic N) is 1. The molecule has 1 aromatic rings. The molecule has 0 heterocycles. The molecule has 122 valence electrons. The summed E-state index contributed by atoms with van der Waals surface area (Å²) >= 11 is 0. The first-order chi connectivity index (χ1) is 10.9. The van der Waals surface area contributed by atoms with Crippen molar-refractivity contribution in [3.8, 4) is 6.07 Å². The van der Waals surface area contributed by atoms with Crippen LogP contribution in [0.5, 0.6) is 0 Å². The number of hydrogen-bond donors (Lipinski definition) is 1. The minimum atomic E-state index is -4.46. The molecule has 1 aromatic carbocycles. The van der Waals surface area contributed by atoms with Crippen molar-refractivity contribution in [2.45, 2.75) is 44.3 Å². The lowest BCUT2D eigenvalue weighted by atomic mass is 9.95. The molecule has 0 saturated heterocycles. The summed E-state index contributed by atoms with van der Waals surface area (Å²) in [6, 6.07) is 6.36. The standard InChI is InChI=1S/C17H17F3N2O/c18-17(19,20)14-6-4-5-12(10-14)9-13(11-21)16(23)22-15-7-2-1-3-8-15/h4-6,9-10,15H,1-3,7-8H2,(H,22,23)/b13-9+. The molecular weight excluding hydrogens is 305 g/mol. The summed E-state index contributed by atoms with van der Waals surface area (Å²) in [6.07, 6.45) is 1.67. The molecule has 0 radical (unpaired) electrons. The number of nitriles is 1. The number of halogens is 3. The Balaban J connectivity index is 2.15. The number of benzene rings is 1. The Morgan fingerprint density at radius 3 is 2.57 bits per heavy atom. The predicted molar refractivity (Wildman–Crippen MR) is 80.0 cm³/mol. The normalized spacial score (nSPS) is 16.7. The largest absolute Gasteiger partial charge is 0.416 e. The third-order valence-electron chi connectivity index (χ3n) is 3.83. The Bertz CT molecular complexity index is 638. The van der Waals surface area contributed by atoms with Crippen molar-refractivity contribution in [1.29, 1.82) is 5.26 Å². The fraction of sp³-hybridized carbons (Fsp3) is 0.412. The summed E-state index contributed by atoms with van der Waals surface area (Å²) in [5.41, 5.74) is -0.818. The second-order valence-electron chi connectivity index (χ2n) is 5.60. The van der Waals surface area contributed by atoms with Gasteiger partial charge in [-0.05, 0) is 36.6 Å². The van der Waals surface area contributed by atoms with E-state index in [4.69, 9.17) is 5.26 Å². The lowest BCUT2D eigenvalue weighted by Gasteiger charge is -2.22. The van der Waals surface area contributed by atoms with Crippen molar-refractivity contribution in [2.24, 2.45) is 0 Å². The van der Waals surface area contributed by atoms with Gasteiger partial charge in [0.2, 0.25) is 0 Å². The third-order valence-corrected chi connectivity index (χ3v) is 3.83. The fourth-order valence-corrected chi connectivity index (χ4v) is 2.63. The fourth-order valence-electron chi connectivity index (χ4n) is 2.63. The van der Waals surface area contributed by atoms with Crippen molar-refractivity contribution < 1.29 is 18.0 Å². The first-order valence-corrected chi connectivity index (χ1v) is 7.50. The average Bonchev–Trinajstić information content (AvgIpc) is 2.53. The van der Waals surface area contributed by atoms with Crippen LogP contribution in [0, 0.1) is 11.3 Å². The van der Waals surface area contributed by atoms with E-state index in [-0.39, 0.29) is 17.2 Å². The summed E-state index contributed by atoms with van der Waals surface area (Å²) in [5.74, 6) is -0.531. The van der Waals surface area contributed by atoms with Crippen LogP contribution in [0.1, 0.15) is 43.2 Å². The van der Waals surface area contributed by atoms with Gasteiger partial charge in [-0.2, -0.15) is 18.4 Å². The number of rotatable bonds is 3. The number of alkyl halides is 3. The van der Waals surface area contributed by atoms with E-state index in [1.165, 1.54) is 18.2 Å². The second-order valence-corrected chi connectivity index (χ2v) is 5.60. The highest BCUT2D eigenvalue weighted by Gasteiger charge is 2.30. The lowest BCUT2D eigenvalue weighted by molar-refractivity contribution is -0.137. The van der Waals surface area contributed by atoms with Crippen LogP contribution in [0.25, 0.3) is 6.08 Å². The first kappa shape index (κ1) is 17.1. The Labute approximate surface area is 132 Å².